The number of hydrogen-bond acceptors (Lipinski definition) is 1. The van der Waals surface area contributed by atoms with Gasteiger partial charge in [0.25, 0.3) is 0 Å². The number of fused-ring (bicyclic) bond motifs is 1. The van der Waals surface area contributed by atoms with Gasteiger partial charge in [-0.05, 0) is 44.2 Å². The summed E-state index contributed by atoms with van der Waals surface area (Å²) in [6, 6.07) is 9.68. The first-order valence-corrected chi connectivity index (χ1v) is 8.96. The van der Waals surface area contributed by atoms with Crippen LogP contribution in [0.2, 0.25) is 0 Å². The van der Waals surface area contributed by atoms with E-state index in [0.29, 0.717) is 0 Å². The van der Waals surface area contributed by atoms with Gasteiger partial charge in [-0.15, -0.1) is 0 Å². The highest BCUT2D eigenvalue weighted by Gasteiger charge is 2.05. The number of allylic oxidation sites excluding steroid dienone is 2. The first-order valence-electron chi connectivity index (χ1n) is 8.96. The summed E-state index contributed by atoms with van der Waals surface area (Å²) in [6.45, 7) is 2.23. The summed E-state index contributed by atoms with van der Waals surface area (Å²) < 4.78 is 2.17. The molecule has 1 aromatic heterocycles. The fourth-order valence-corrected chi connectivity index (χ4v) is 3.00. The average Bonchev–Trinajstić information content (AvgIpc) is 2.57. The molecule has 0 saturated carbocycles. The molecule has 0 aliphatic carbocycles. The summed E-state index contributed by atoms with van der Waals surface area (Å²) in [6.07, 6.45) is 14.2. The summed E-state index contributed by atoms with van der Waals surface area (Å²) in [4.78, 5) is 12.2. The number of pyridine rings is 1. The molecule has 0 N–H and O–H groups in total. The van der Waals surface area contributed by atoms with Crippen molar-refractivity contribution in [3.63, 3.8) is 0 Å². The van der Waals surface area contributed by atoms with Gasteiger partial charge in [-0.2, -0.15) is 0 Å². The van der Waals surface area contributed by atoms with Gasteiger partial charge in [-0.25, -0.2) is 0 Å². The highest BCUT2D eigenvalue weighted by molar-refractivity contribution is 5.79. The first-order chi connectivity index (χ1) is 11.2. The molecular formula is C21H29NO. The SMILES string of the molecule is CCCC/C=C/CCCCCc1cc(=O)c2ccccc2n1C. The maximum Gasteiger partial charge on any atom is 0.189 e. The molecule has 2 nitrogen and oxygen atoms in total. The molecule has 124 valence electrons. The summed E-state index contributed by atoms with van der Waals surface area (Å²) >= 11 is 0. The lowest BCUT2D eigenvalue weighted by atomic mass is 10.1. The maximum atomic E-state index is 12.2. The molecule has 0 saturated heterocycles. The van der Waals surface area contributed by atoms with Gasteiger partial charge >= 0.3 is 0 Å². The van der Waals surface area contributed by atoms with Crippen LogP contribution in [0.3, 0.4) is 0 Å². The van der Waals surface area contributed by atoms with Gasteiger partial charge < -0.3 is 4.57 Å². The molecule has 0 amide bonds. The van der Waals surface area contributed by atoms with Gasteiger partial charge in [0.1, 0.15) is 0 Å². The molecular weight excluding hydrogens is 282 g/mol. The van der Waals surface area contributed by atoms with Crippen LogP contribution >= 0.6 is 0 Å². The van der Waals surface area contributed by atoms with Crippen LogP contribution in [0.15, 0.2) is 47.3 Å². The largest absolute Gasteiger partial charge is 0.347 e. The van der Waals surface area contributed by atoms with Crippen molar-refractivity contribution in [2.75, 3.05) is 0 Å². The van der Waals surface area contributed by atoms with Crippen LogP contribution in [0, 0.1) is 0 Å². The molecule has 0 spiro atoms. The maximum absolute atomic E-state index is 12.2. The van der Waals surface area contributed by atoms with Crippen molar-refractivity contribution in [3.05, 3.63) is 58.4 Å². The number of unbranched alkanes of at least 4 members (excludes halogenated alkanes) is 5. The molecule has 0 atom stereocenters. The Kier molecular flexibility index (Phi) is 7.12. The minimum Gasteiger partial charge on any atom is -0.347 e. The van der Waals surface area contributed by atoms with Crippen LogP contribution in [0.4, 0.5) is 0 Å². The van der Waals surface area contributed by atoms with E-state index in [9.17, 15) is 4.79 Å². The topological polar surface area (TPSA) is 22.0 Å². The number of hydrogen-bond donors (Lipinski definition) is 0. The Labute approximate surface area is 139 Å². The summed E-state index contributed by atoms with van der Waals surface area (Å²) in [5.41, 5.74) is 2.33. The predicted molar refractivity (Wildman–Crippen MR) is 100 cm³/mol. The molecule has 1 heterocycles. The summed E-state index contributed by atoms with van der Waals surface area (Å²) in [5, 5.41) is 0.816. The second-order valence-corrected chi connectivity index (χ2v) is 6.29. The van der Waals surface area contributed by atoms with Crippen molar-refractivity contribution in [1.82, 2.24) is 4.57 Å². The zero-order chi connectivity index (χ0) is 16.5. The molecule has 2 aromatic rings. The lowest BCUT2D eigenvalue weighted by Crippen LogP contribution is -2.11. The van der Waals surface area contributed by atoms with Crippen molar-refractivity contribution in [2.45, 2.75) is 58.3 Å². The molecule has 0 unspecified atom stereocenters. The minimum atomic E-state index is 0.146. The third kappa shape index (κ3) is 5.09. The number of benzene rings is 1. The van der Waals surface area contributed by atoms with Crippen LogP contribution in [0.1, 0.15) is 57.6 Å². The quantitative estimate of drug-likeness (QED) is 0.449. The van der Waals surface area contributed by atoms with E-state index in [1.807, 2.05) is 30.3 Å². The average molecular weight is 311 g/mol. The number of rotatable bonds is 9. The Morgan fingerprint density at radius 1 is 1.00 bits per heavy atom. The van der Waals surface area contributed by atoms with Gasteiger partial charge in [0.15, 0.2) is 5.43 Å². The fourth-order valence-electron chi connectivity index (χ4n) is 3.00. The van der Waals surface area contributed by atoms with Crippen LogP contribution in [-0.4, -0.2) is 4.57 Å². The predicted octanol–water partition coefficient (Wildman–Crippen LogP) is 5.39. The number of nitrogens with zero attached hydrogens (tertiary/aromatic N) is 1. The normalized spacial score (nSPS) is 11.6. The Morgan fingerprint density at radius 3 is 2.52 bits per heavy atom. The Bertz CT molecular complexity index is 697. The van der Waals surface area contributed by atoms with Crippen molar-refractivity contribution in [1.29, 1.82) is 0 Å². The van der Waals surface area contributed by atoms with Crippen LogP contribution in [0.5, 0.6) is 0 Å². The van der Waals surface area contributed by atoms with Crippen molar-refractivity contribution in [3.8, 4) is 0 Å². The third-order valence-corrected chi connectivity index (χ3v) is 4.45. The first kappa shape index (κ1) is 17.5. The van der Waals surface area contributed by atoms with Gasteiger partial charge in [-0.3, -0.25) is 4.79 Å². The van der Waals surface area contributed by atoms with Crippen LogP contribution < -0.4 is 5.43 Å². The monoisotopic (exact) mass is 311 g/mol. The molecule has 0 bridgehead atoms. The van der Waals surface area contributed by atoms with Crippen LogP contribution in [-0.2, 0) is 13.5 Å². The zero-order valence-electron chi connectivity index (χ0n) is 14.6. The highest BCUT2D eigenvalue weighted by Crippen LogP contribution is 2.14. The van der Waals surface area contributed by atoms with Gasteiger partial charge in [-0.1, -0.05) is 50.5 Å². The molecule has 23 heavy (non-hydrogen) atoms. The van der Waals surface area contributed by atoms with Crippen molar-refractivity contribution >= 4 is 10.9 Å². The molecule has 2 rings (SSSR count). The zero-order valence-corrected chi connectivity index (χ0v) is 14.6. The summed E-state index contributed by atoms with van der Waals surface area (Å²) in [7, 11) is 2.06. The number of aryl methyl sites for hydroxylation is 2. The van der Waals surface area contributed by atoms with Gasteiger partial charge in [0, 0.05) is 24.2 Å². The lowest BCUT2D eigenvalue weighted by Gasteiger charge is -2.12. The number of para-hydroxylation sites is 1. The Morgan fingerprint density at radius 2 is 1.74 bits per heavy atom. The van der Waals surface area contributed by atoms with Crippen molar-refractivity contribution < 1.29 is 0 Å². The smallest absolute Gasteiger partial charge is 0.189 e. The Balaban J connectivity index is 1.82. The Hall–Kier alpha value is -1.83. The van der Waals surface area contributed by atoms with E-state index in [4.69, 9.17) is 0 Å². The minimum absolute atomic E-state index is 0.146. The van der Waals surface area contributed by atoms with E-state index in [-0.39, 0.29) is 5.43 Å². The molecule has 1 aromatic carbocycles. The lowest BCUT2D eigenvalue weighted by molar-refractivity contribution is 0.663. The van der Waals surface area contributed by atoms with Crippen LogP contribution in [0.25, 0.3) is 10.9 Å². The molecule has 0 aliphatic heterocycles. The molecule has 0 fully saturated rings. The van der Waals surface area contributed by atoms with E-state index in [2.05, 4.69) is 30.7 Å². The molecule has 2 heteroatoms. The van der Waals surface area contributed by atoms with Crippen molar-refractivity contribution in [2.24, 2.45) is 7.05 Å². The van der Waals surface area contributed by atoms with Gasteiger partial charge in [0.2, 0.25) is 0 Å². The summed E-state index contributed by atoms with van der Waals surface area (Å²) in [5.74, 6) is 0. The molecule has 0 radical (unpaired) electrons. The second-order valence-electron chi connectivity index (χ2n) is 6.29. The standard InChI is InChI=1S/C21H29NO/c1-3-4-5-6-7-8-9-10-11-14-18-17-21(23)19-15-12-13-16-20(19)22(18)2/h6-7,12-13,15-17H,3-5,8-11,14H2,1-2H3/b7-6+. The number of aromatic nitrogens is 1. The van der Waals surface area contributed by atoms with E-state index < -0.39 is 0 Å². The third-order valence-electron chi connectivity index (χ3n) is 4.45. The van der Waals surface area contributed by atoms with E-state index in [1.54, 1.807) is 0 Å². The fraction of sp³-hybridized carbons (Fsp3) is 0.476. The van der Waals surface area contributed by atoms with E-state index in [1.165, 1.54) is 38.5 Å². The van der Waals surface area contributed by atoms with E-state index in [0.717, 1.165) is 29.4 Å². The molecule has 0 aliphatic rings. The van der Waals surface area contributed by atoms with E-state index >= 15 is 0 Å². The highest BCUT2D eigenvalue weighted by atomic mass is 16.1. The second kappa shape index (κ2) is 9.34. The van der Waals surface area contributed by atoms with Gasteiger partial charge in [0.05, 0.1) is 5.52 Å².